The van der Waals surface area contributed by atoms with Crippen LogP contribution in [0.4, 0.5) is 4.39 Å². The van der Waals surface area contributed by atoms with Gasteiger partial charge in [0.25, 0.3) is 5.91 Å². The molecule has 0 bridgehead atoms. The van der Waals surface area contributed by atoms with Gasteiger partial charge in [-0.25, -0.2) is 4.39 Å². The van der Waals surface area contributed by atoms with Gasteiger partial charge >= 0.3 is 0 Å². The number of hydrogen-bond acceptors (Lipinski definition) is 2. The van der Waals surface area contributed by atoms with Crippen molar-refractivity contribution in [3.8, 4) is 0 Å². The molecule has 0 radical (unpaired) electrons. The second-order valence-electron chi connectivity index (χ2n) is 4.85. The Labute approximate surface area is 106 Å². The van der Waals surface area contributed by atoms with Crippen molar-refractivity contribution >= 4 is 11.7 Å². The maximum absolute atomic E-state index is 13.3. The van der Waals surface area contributed by atoms with Crippen LogP contribution in [-0.2, 0) is 4.79 Å². The number of halogens is 1. The Morgan fingerprint density at radius 3 is 2.89 bits per heavy atom. The Morgan fingerprint density at radius 1 is 1.50 bits per heavy atom. The summed E-state index contributed by atoms with van der Waals surface area (Å²) >= 11 is 0. The molecule has 0 saturated carbocycles. The second-order valence-corrected chi connectivity index (χ2v) is 4.85. The van der Waals surface area contributed by atoms with Crippen molar-refractivity contribution in [1.29, 1.82) is 0 Å². The van der Waals surface area contributed by atoms with E-state index in [4.69, 9.17) is 0 Å². The van der Waals surface area contributed by atoms with Crippen molar-refractivity contribution in [2.75, 3.05) is 13.6 Å². The molecule has 1 aliphatic heterocycles. The van der Waals surface area contributed by atoms with Crippen molar-refractivity contribution in [1.82, 2.24) is 4.90 Å². The van der Waals surface area contributed by atoms with Crippen LogP contribution in [0.2, 0.25) is 0 Å². The summed E-state index contributed by atoms with van der Waals surface area (Å²) in [7, 11) is 1.73. The van der Waals surface area contributed by atoms with Crippen LogP contribution in [0.15, 0.2) is 18.2 Å². The molecule has 1 unspecified atom stereocenters. The van der Waals surface area contributed by atoms with Gasteiger partial charge in [0.2, 0.25) is 0 Å². The second kappa shape index (κ2) is 4.88. The van der Waals surface area contributed by atoms with Gasteiger partial charge < -0.3 is 9.69 Å². The molecule has 2 rings (SSSR count). The summed E-state index contributed by atoms with van der Waals surface area (Å²) in [5, 5.41) is 0. The third-order valence-corrected chi connectivity index (χ3v) is 3.37. The predicted octanol–water partition coefficient (Wildman–Crippen LogP) is 2.36. The average Bonchev–Trinajstić information content (AvgIpc) is 2.31. The number of rotatable bonds is 3. The number of amides is 1. The molecule has 0 aliphatic carbocycles. The van der Waals surface area contributed by atoms with Gasteiger partial charge in [-0.3, -0.25) is 4.79 Å². The first-order chi connectivity index (χ1) is 8.49. The summed E-state index contributed by atoms with van der Waals surface area (Å²) in [6.07, 6.45) is 1.12. The summed E-state index contributed by atoms with van der Waals surface area (Å²) in [5.74, 6) is -0.252. The van der Waals surface area contributed by atoms with Crippen LogP contribution in [0.1, 0.15) is 41.6 Å². The SMILES string of the molecule is CC(=O)CCC1CN(C)C(=O)c2ccc(F)cc21. The van der Waals surface area contributed by atoms with E-state index in [1.165, 1.54) is 18.2 Å². The van der Waals surface area contributed by atoms with Crippen molar-refractivity contribution < 1.29 is 14.0 Å². The third kappa shape index (κ3) is 2.42. The zero-order valence-corrected chi connectivity index (χ0v) is 10.6. The minimum absolute atomic E-state index is 0.0438. The average molecular weight is 249 g/mol. The van der Waals surface area contributed by atoms with Crippen molar-refractivity contribution in [2.45, 2.75) is 25.7 Å². The van der Waals surface area contributed by atoms with Crippen molar-refractivity contribution in [3.63, 3.8) is 0 Å². The predicted molar refractivity (Wildman–Crippen MR) is 66.0 cm³/mol. The number of carbonyl (C=O) groups is 2. The zero-order valence-electron chi connectivity index (χ0n) is 10.6. The summed E-state index contributed by atoms with van der Waals surface area (Å²) in [4.78, 5) is 24.6. The fourth-order valence-electron chi connectivity index (χ4n) is 2.41. The van der Waals surface area contributed by atoms with Crippen LogP contribution >= 0.6 is 0 Å². The molecule has 1 aliphatic rings. The lowest BCUT2D eigenvalue weighted by Crippen LogP contribution is -2.37. The highest BCUT2D eigenvalue weighted by atomic mass is 19.1. The number of hydrogen-bond donors (Lipinski definition) is 0. The van der Waals surface area contributed by atoms with Gasteiger partial charge in [0, 0.05) is 31.5 Å². The van der Waals surface area contributed by atoms with Crippen molar-refractivity contribution in [3.05, 3.63) is 35.1 Å². The van der Waals surface area contributed by atoms with E-state index >= 15 is 0 Å². The van der Waals surface area contributed by atoms with Crippen LogP contribution in [0.3, 0.4) is 0 Å². The van der Waals surface area contributed by atoms with Crippen LogP contribution in [0, 0.1) is 5.82 Å². The highest BCUT2D eigenvalue weighted by Gasteiger charge is 2.29. The fraction of sp³-hybridized carbons (Fsp3) is 0.429. The fourth-order valence-corrected chi connectivity index (χ4v) is 2.41. The first-order valence-corrected chi connectivity index (χ1v) is 6.03. The van der Waals surface area contributed by atoms with Crippen LogP contribution in [0.25, 0.3) is 0 Å². The van der Waals surface area contributed by atoms with E-state index < -0.39 is 0 Å². The lowest BCUT2D eigenvalue weighted by molar-refractivity contribution is -0.117. The van der Waals surface area contributed by atoms with Crippen LogP contribution in [-0.4, -0.2) is 30.2 Å². The lowest BCUT2D eigenvalue weighted by atomic mass is 9.86. The van der Waals surface area contributed by atoms with Gasteiger partial charge in [-0.05, 0) is 37.1 Å². The highest BCUT2D eigenvalue weighted by Crippen LogP contribution is 2.31. The maximum atomic E-state index is 13.3. The molecule has 1 aromatic rings. The molecule has 1 heterocycles. The minimum Gasteiger partial charge on any atom is -0.341 e. The summed E-state index contributed by atoms with van der Waals surface area (Å²) < 4.78 is 13.3. The van der Waals surface area contributed by atoms with Gasteiger partial charge in [0.15, 0.2) is 0 Å². The monoisotopic (exact) mass is 249 g/mol. The minimum atomic E-state index is -0.334. The molecule has 0 fully saturated rings. The van der Waals surface area contributed by atoms with E-state index in [2.05, 4.69) is 0 Å². The molecule has 18 heavy (non-hydrogen) atoms. The number of carbonyl (C=O) groups excluding carboxylic acids is 2. The molecule has 1 atom stereocenters. The van der Waals surface area contributed by atoms with Crippen molar-refractivity contribution in [2.24, 2.45) is 0 Å². The van der Waals surface area contributed by atoms with E-state index in [0.29, 0.717) is 24.9 Å². The Hall–Kier alpha value is -1.71. The Balaban J connectivity index is 2.33. The van der Waals surface area contributed by atoms with E-state index in [1.807, 2.05) is 0 Å². The summed E-state index contributed by atoms with van der Waals surface area (Å²) in [5.41, 5.74) is 1.29. The molecule has 3 nitrogen and oxygen atoms in total. The lowest BCUT2D eigenvalue weighted by Gasteiger charge is -2.31. The van der Waals surface area contributed by atoms with Gasteiger partial charge in [-0.1, -0.05) is 0 Å². The smallest absolute Gasteiger partial charge is 0.253 e. The Morgan fingerprint density at radius 2 is 2.22 bits per heavy atom. The Kier molecular flexibility index (Phi) is 3.45. The first-order valence-electron chi connectivity index (χ1n) is 6.03. The van der Waals surface area contributed by atoms with E-state index in [1.54, 1.807) is 18.9 Å². The summed E-state index contributed by atoms with van der Waals surface area (Å²) in [6.45, 7) is 2.09. The molecule has 96 valence electrons. The number of likely N-dealkylation sites (N-methyl/N-ethyl adjacent to an activating group) is 1. The molecule has 1 aromatic carbocycles. The van der Waals surface area contributed by atoms with E-state index in [9.17, 15) is 14.0 Å². The number of fused-ring (bicyclic) bond motifs is 1. The molecule has 1 amide bonds. The Bertz CT molecular complexity index is 499. The number of ketones is 1. The first kappa shape index (κ1) is 12.7. The molecule has 4 heteroatoms. The normalized spacial score (nSPS) is 18.7. The number of Topliss-reactive ketones (excluding diaryl/α,β-unsaturated/α-hetero) is 1. The van der Waals surface area contributed by atoms with E-state index in [0.717, 1.165) is 5.56 Å². The molecule has 0 spiro atoms. The zero-order chi connectivity index (χ0) is 13.3. The molecule has 0 saturated heterocycles. The quantitative estimate of drug-likeness (QED) is 0.824. The molecule has 0 aromatic heterocycles. The van der Waals surface area contributed by atoms with Crippen LogP contribution in [0.5, 0.6) is 0 Å². The number of nitrogens with zero attached hydrogens (tertiary/aromatic N) is 1. The molecule has 0 N–H and O–H groups in total. The van der Waals surface area contributed by atoms with Gasteiger partial charge in [0.1, 0.15) is 11.6 Å². The molecular formula is C14H16FNO2. The van der Waals surface area contributed by atoms with E-state index in [-0.39, 0.29) is 23.4 Å². The number of benzene rings is 1. The van der Waals surface area contributed by atoms with Gasteiger partial charge in [-0.2, -0.15) is 0 Å². The van der Waals surface area contributed by atoms with Crippen LogP contribution < -0.4 is 0 Å². The third-order valence-electron chi connectivity index (χ3n) is 3.37. The largest absolute Gasteiger partial charge is 0.341 e. The molecular weight excluding hydrogens is 233 g/mol. The van der Waals surface area contributed by atoms with Gasteiger partial charge in [0.05, 0.1) is 0 Å². The highest BCUT2D eigenvalue weighted by molar-refractivity contribution is 5.97. The standard InChI is InChI=1S/C14H16FNO2/c1-9(17)3-4-10-8-16(2)14(18)12-6-5-11(15)7-13(10)12/h5-7,10H,3-4,8H2,1-2H3. The summed E-state index contributed by atoms with van der Waals surface area (Å²) in [6, 6.07) is 4.26. The topological polar surface area (TPSA) is 37.4 Å². The van der Waals surface area contributed by atoms with Gasteiger partial charge in [-0.15, -0.1) is 0 Å². The maximum Gasteiger partial charge on any atom is 0.253 e.